The van der Waals surface area contributed by atoms with Crippen molar-refractivity contribution in [1.29, 1.82) is 0 Å². The second-order valence-electron chi connectivity index (χ2n) is 19.2. The Kier molecular flexibility index (Phi) is 9.00. The van der Waals surface area contributed by atoms with Gasteiger partial charge >= 0.3 is 0 Å². The lowest BCUT2D eigenvalue weighted by Crippen LogP contribution is -2.26. The summed E-state index contributed by atoms with van der Waals surface area (Å²) in [4.78, 5) is 4.86. The van der Waals surface area contributed by atoms with Crippen molar-refractivity contribution in [2.75, 3.05) is 9.80 Å². The molecule has 2 aliphatic rings. The van der Waals surface area contributed by atoms with Crippen molar-refractivity contribution < 1.29 is 0 Å². The molecular formula is C59H54N2. The molecule has 0 amide bonds. The molecule has 0 atom stereocenters. The van der Waals surface area contributed by atoms with E-state index in [1.54, 1.807) is 0 Å². The molecule has 0 radical (unpaired) electrons. The normalized spacial score (nSPS) is 13.4. The third kappa shape index (κ3) is 6.31. The molecule has 8 aromatic rings. The van der Waals surface area contributed by atoms with Crippen molar-refractivity contribution in [1.82, 2.24) is 0 Å². The summed E-state index contributed by atoms with van der Waals surface area (Å²) in [6.07, 6.45) is 0. The van der Waals surface area contributed by atoms with Crippen molar-refractivity contribution in [3.05, 3.63) is 226 Å². The van der Waals surface area contributed by atoms with Crippen molar-refractivity contribution in [2.24, 2.45) is 0 Å². The Morgan fingerprint density at radius 1 is 0.311 bits per heavy atom. The fraction of sp³-hybridized carbons (Fsp3) is 0.186. The van der Waals surface area contributed by atoms with Crippen LogP contribution in [0.2, 0.25) is 0 Å². The number of aryl methyl sites for hydroxylation is 2. The molecule has 61 heavy (non-hydrogen) atoms. The molecule has 2 nitrogen and oxygen atoms in total. The molecule has 8 aromatic carbocycles. The lowest BCUT2D eigenvalue weighted by atomic mass is 9.70. The van der Waals surface area contributed by atoms with Crippen LogP contribution in [0, 0.1) is 13.8 Å². The molecule has 0 heterocycles. The number of hydrogen-bond donors (Lipinski definition) is 0. The SMILES string of the molecule is Cc1ccc(N(c2ccc(C(C)(C)C)cc2)c2ccc3c(c2)C2(c4ccccc4-c4ccccc42)c2cc(N(c4ccc(C)cc4)c4ccc(C(C)(C)C)cc4)ccc2-3)cc1. The first-order chi connectivity index (χ1) is 29.3. The lowest BCUT2D eigenvalue weighted by molar-refractivity contribution is 0.590. The Balaban J connectivity index is 1.22. The minimum Gasteiger partial charge on any atom is -0.310 e. The molecule has 2 aliphatic carbocycles. The van der Waals surface area contributed by atoms with Crippen molar-refractivity contribution >= 4 is 34.1 Å². The van der Waals surface area contributed by atoms with E-state index in [0.717, 1.165) is 34.1 Å². The Bertz CT molecular complexity index is 2720. The Labute approximate surface area is 362 Å². The molecule has 0 saturated carbocycles. The first-order valence-corrected chi connectivity index (χ1v) is 21.8. The third-order valence-electron chi connectivity index (χ3n) is 13.1. The quantitative estimate of drug-likeness (QED) is 0.166. The largest absolute Gasteiger partial charge is 0.310 e. The van der Waals surface area contributed by atoms with Crippen LogP contribution >= 0.6 is 0 Å². The van der Waals surface area contributed by atoms with Gasteiger partial charge in [0.2, 0.25) is 0 Å². The number of nitrogens with zero attached hydrogens (tertiary/aromatic N) is 2. The standard InChI is InChI=1S/C59H54N2/c1-39-17-25-43(26-18-39)60(45-29-21-41(22-30-45)57(3,4)5)47-33-35-51-52-36-34-48(61(44-27-19-40(2)20-28-44)46-31-23-42(24-32-46)58(6,7)8)38-56(52)59(55(51)37-47)53-15-11-9-13-49(53)50-14-10-12-16-54(50)59/h9-38H,1-8H3. The van der Waals surface area contributed by atoms with E-state index in [-0.39, 0.29) is 10.8 Å². The fourth-order valence-corrected chi connectivity index (χ4v) is 9.90. The summed E-state index contributed by atoms with van der Waals surface area (Å²) in [5, 5.41) is 0. The maximum absolute atomic E-state index is 2.49. The molecule has 0 saturated heterocycles. The molecule has 0 N–H and O–H groups in total. The van der Waals surface area contributed by atoms with Gasteiger partial charge in [-0.1, -0.05) is 162 Å². The Morgan fingerprint density at radius 2 is 0.607 bits per heavy atom. The number of hydrogen-bond acceptors (Lipinski definition) is 2. The summed E-state index contributed by atoms with van der Waals surface area (Å²) < 4.78 is 0. The van der Waals surface area contributed by atoms with Crippen LogP contribution in [0.4, 0.5) is 34.1 Å². The molecule has 0 bridgehead atoms. The molecule has 0 unspecified atom stereocenters. The molecular weight excluding hydrogens is 737 g/mol. The van der Waals surface area contributed by atoms with Crippen LogP contribution in [0.1, 0.15) is 86.1 Å². The van der Waals surface area contributed by atoms with Crippen LogP contribution in [-0.2, 0) is 16.2 Å². The van der Waals surface area contributed by atoms with Gasteiger partial charge in [0.1, 0.15) is 0 Å². The zero-order valence-electron chi connectivity index (χ0n) is 36.7. The number of anilines is 6. The van der Waals surface area contributed by atoms with Gasteiger partial charge in [-0.3, -0.25) is 0 Å². The second-order valence-corrected chi connectivity index (χ2v) is 19.2. The van der Waals surface area contributed by atoms with Crippen LogP contribution in [0.25, 0.3) is 22.3 Å². The minimum atomic E-state index is -0.534. The molecule has 2 heteroatoms. The minimum absolute atomic E-state index is 0.0615. The van der Waals surface area contributed by atoms with E-state index in [1.807, 2.05) is 0 Å². The Morgan fingerprint density at radius 3 is 0.951 bits per heavy atom. The summed E-state index contributed by atoms with van der Waals surface area (Å²) >= 11 is 0. The molecule has 300 valence electrons. The average Bonchev–Trinajstić information content (AvgIpc) is 3.72. The lowest BCUT2D eigenvalue weighted by Gasteiger charge is -2.33. The van der Waals surface area contributed by atoms with Crippen molar-refractivity contribution in [3.8, 4) is 22.3 Å². The first kappa shape index (κ1) is 38.6. The van der Waals surface area contributed by atoms with E-state index in [0.29, 0.717) is 0 Å². The highest BCUT2D eigenvalue weighted by molar-refractivity contribution is 5.97. The zero-order valence-corrected chi connectivity index (χ0v) is 36.7. The van der Waals surface area contributed by atoms with Gasteiger partial charge < -0.3 is 9.80 Å². The molecule has 0 fully saturated rings. The van der Waals surface area contributed by atoms with Gasteiger partial charge in [-0.15, -0.1) is 0 Å². The maximum Gasteiger partial charge on any atom is 0.0727 e. The maximum atomic E-state index is 2.49. The van der Waals surface area contributed by atoms with E-state index >= 15 is 0 Å². The topological polar surface area (TPSA) is 6.48 Å². The van der Waals surface area contributed by atoms with Crippen LogP contribution < -0.4 is 9.80 Å². The smallest absolute Gasteiger partial charge is 0.0727 e. The molecule has 1 spiro atoms. The third-order valence-corrected chi connectivity index (χ3v) is 13.1. The van der Waals surface area contributed by atoms with Gasteiger partial charge in [0.05, 0.1) is 5.41 Å². The van der Waals surface area contributed by atoms with Gasteiger partial charge in [-0.25, -0.2) is 0 Å². The highest BCUT2D eigenvalue weighted by Crippen LogP contribution is 2.64. The van der Waals surface area contributed by atoms with Gasteiger partial charge in [-0.05, 0) is 153 Å². The monoisotopic (exact) mass is 790 g/mol. The van der Waals surface area contributed by atoms with E-state index in [9.17, 15) is 0 Å². The molecule has 10 rings (SSSR count). The van der Waals surface area contributed by atoms with E-state index < -0.39 is 5.41 Å². The van der Waals surface area contributed by atoms with Gasteiger partial charge in [0.15, 0.2) is 0 Å². The number of rotatable bonds is 6. The summed E-state index contributed by atoms with van der Waals surface area (Å²) in [6, 6.07) is 68.9. The fourth-order valence-electron chi connectivity index (χ4n) is 9.90. The van der Waals surface area contributed by atoms with Crippen LogP contribution in [-0.4, -0.2) is 0 Å². The zero-order chi connectivity index (χ0) is 42.3. The number of fused-ring (bicyclic) bond motifs is 10. The van der Waals surface area contributed by atoms with E-state index in [4.69, 9.17) is 0 Å². The van der Waals surface area contributed by atoms with E-state index in [1.165, 1.54) is 66.8 Å². The van der Waals surface area contributed by atoms with Crippen molar-refractivity contribution in [2.45, 2.75) is 71.6 Å². The molecule has 0 aliphatic heterocycles. The number of benzene rings is 8. The van der Waals surface area contributed by atoms with Gasteiger partial charge in [-0.2, -0.15) is 0 Å². The summed E-state index contributed by atoms with van der Waals surface area (Å²) in [6.45, 7) is 18.0. The summed E-state index contributed by atoms with van der Waals surface area (Å²) in [5.74, 6) is 0. The Hall–Kier alpha value is -6.64. The average molecular weight is 791 g/mol. The highest BCUT2D eigenvalue weighted by Gasteiger charge is 2.52. The molecule has 0 aromatic heterocycles. The first-order valence-electron chi connectivity index (χ1n) is 21.8. The van der Waals surface area contributed by atoms with Crippen molar-refractivity contribution in [3.63, 3.8) is 0 Å². The van der Waals surface area contributed by atoms with Crippen LogP contribution in [0.3, 0.4) is 0 Å². The predicted octanol–water partition coefficient (Wildman–Crippen LogP) is 16.2. The van der Waals surface area contributed by atoms with Gasteiger partial charge in [0, 0.05) is 34.1 Å². The van der Waals surface area contributed by atoms with E-state index in [2.05, 4.69) is 247 Å². The summed E-state index contributed by atoms with van der Waals surface area (Å²) in [5.41, 5.74) is 22.0. The summed E-state index contributed by atoms with van der Waals surface area (Å²) in [7, 11) is 0. The van der Waals surface area contributed by atoms with Gasteiger partial charge in [0.25, 0.3) is 0 Å². The highest BCUT2D eigenvalue weighted by atomic mass is 15.1. The second kappa shape index (κ2) is 14.2. The van der Waals surface area contributed by atoms with Crippen LogP contribution in [0.5, 0.6) is 0 Å². The van der Waals surface area contributed by atoms with Crippen LogP contribution in [0.15, 0.2) is 182 Å². The predicted molar refractivity (Wildman–Crippen MR) is 259 cm³/mol.